The van der Waals surface area contributed by atoms with Crippen LogP contribution >= 0.6 is 0 Å². The zero-order valence-electron chi connectivity index (χ0n) is 12.3. The first-order valence-electron chi connectivity index (χ1n) is 6.59. The van der Waals surface area contributed by atoms with Crippen LogP contribution in [0.3, 0.4) is 0 Å². The Balaban J connectivity index is 2.53. The molecule has 1 saturated heterocycles. The van der Waals surface area contributed by atoms with Crippen molar-refractivity contribution in [3.8, 4) is 0 Å². The molecular formula is C13H27N3O2. The summed E-state index contributed by atoms with van der Waals surface area (Å²) >= 11 is 0. The van der Waals surface area contributed by atoms with E-state index in [0.29, 0.717) is 18.5 Å². The molecule has 0 bridgehead atoms. The first kappa shape index (κ1) is 15.2. The first-order valence-corrected chi connectivity index (χ1v) is 6.59. The van der Waals surface area contributed by atoms with Crippen LogP contribution in [0.5, 0.6) is 0 Å². The Bertz CT molecular complexity index is 286. The highest BCUT2D eigenvalue weighted by Crippen LogP contribution is 2.23. The molecule has 1 aliphatic heterocycles. The number of carbonyl (C=O) groups is 1. The van der Waals surface area contributed by atoms with Gasteiger partial charge in [0, 0.05) is 25.7 Å². The van der Waals surface area contributed by atoms with Crippen LogP contribution in [-0.2, 0) is 4.74 Å². The predicted molar refractivity (Wildman–Crippen MR) is 72.4 cm³/mol. The second-order valence-corrected chi connectivity index (χ2v) is 6.24. The number of rotatable bonds is 3. The molecule has 1 aliphatic rings. The van der Waals surface area contributed by atoms with Crippen molar-refractivity contribution in [2.45, 2.75) is 38.8 Å². The van der Waals surface area contributed by atoms with Gasteiger partial charge in [-0.2, -0.15) is 0 Å². The lowest BCUT2D eigenvalue weighted by atomic mass is 9.98. The minimum Gasteiger partial charge on any atom is -0.444 e. The van der Waals surface area contributed by atoms with Gasteiger partial charge >= 0.3 is 6.09 Å². The van der Waals surface area contributed by atoms with E-state index in [-0.39, 0.29) is 6.09 Å². The normalized spacial score (nSPS) is 22.4. The van der Waals surface area contributed by atoms with Gasteiger partial charge in [0.15, 0.2) is 0 Å². The van der Waals surface area contributed by atoms with Crippen LogP contribution in [0.25, 0.3) is 0 Å². The third-order valence-corrected chi connectivity index (χ3v) is 3.33. The summed E-state index contributed by atoms with van der Waals surface area (Å²) in [6.45, 7) is 7.81. The quantitative estimate of drug-likeness (QED) is 0.823. The largest absolute Gasteiger partial charge is 0.444 e. The molecule has 0 aliphatic carbocycles. The van der Waals surface area contributed by atoms with E-state index >= 15 is 0 Å². The Morgan fingerprint density at radius 2 is 2.11 bits per heavy atom. The van der Waals surface area contributed by atoms with Crippen molar-refractivity contribution in [3.05, 3.63) is 0 Å². The number of ether oxygens (including phenoxy) is 1. The van der Waals surface area contributed by atoms with Gasteiger partial charge in [-0.1, -0.05) is 0 Å². The maximum atomic E-state index is 11.9. The van der Waals surface area contributed by atoms with Gasteiger partial charge in [0.25, 0.3) is 0 Å². The van der Waals surface area contributed by atoms with E-state index < -0.39 is 5.60 Å². The number of hydrogen-bond donors (Lipinski definition) is 1. The summed E-state index contributed by atoms with van der Waals surface area (Å²) in [5.41, 5.74) is 5.37. The Hall–Kier alpha value is -0.810. The molecule has 0 aromatic heterocycles. The van der Waals surface area contributed by atoms with E-state index in [9.17, 15) is 4.79 Å². The van der Waals surface area contributed by atoms with Crippen LogP contribution in [0.1, 0.15) is 27.2 Å². The molecule has 5 nitrogen and oxygen atoms in total. The molecule has 2 atom stereocenters. The lowest BCUT2D eigenvalue weighted by Gasteiger charge is -2.29. The molecule has 5 heteroatoms. The fraction of sp³-hybridized carbons (Fsp3) is 0.923. The Morgan fingerprint density at radius 1 is 1.50 bits per heavy atom. The zero-order chi connectivity index (χ0) is 13.9. The van der Waals surface area contributed by atoms with E-state index in [4.69, 9.17) is 10.5 Å². The van der Waals surface area contributed by atoms with Gasteiger partial charge in [-0.15, -0.1) is 0 Å². The molecule has 2 N–H and O–H groups in total. The predicted octanol–water partition coefficient (Wildman–Crippen LogP) is 1.13. The molecule has 1 amide bonds. The molecule has 1 heterocycles. The highest BCUT2D eigenvalue weighted by molar-refractivity contribution is 5.68. The van der Waals surface area contributed by atoms with Crippen LogP contribution in [-0.4, -0.2) is 61.3 Å². The van der Waals surface area contributed by atoms with Crippen LogP contribution in [0.2, 0.25) is 0 Å². The summed E-state index contributed by atoms with van der Waals surface area (Å²) in [7, 11) is 4.07. The molecular weight excluding hydrogens is 230 g/mol. The summed E-state index contributed by atoms with van der Waals surface area (Å²) in [4.78, 5) is 15.9. The molecule has 0 aromatic carbocycles. The molecule has 1 fully saturated rings. The molecule has 0 saturated carbocycles. The monoisotopic (exact) mass is 257 g/mol. The number of nitrogens with two attached hydrogens (primary N) is 1. The van der Waals surface area contributed by atoms with Crippen LogP contribution in [0, 0.1) is 5.92 Å². The van der Waals surface area contributed by atoms with Crippen molar-refractivity contribution in [2.75, 3.05) is 33.7 Å². The van der Waals surface area contributed by atoms with Crippen LogP contribution in [0.4, 0.5) is 4.79 Å². The summed E-state index contributed by atoms with van der Waals surface area (Å²) < 4.78 is 5.39. The van der Waals surface area contributed by atoms with Gasteiger partial charge < -0.3 is 20.3 Å². The van der Waals surface area contributed by atoms with Crippen LogP contribution < -0.4 is 5.73 Å². The minimum absolute atomic E-state index is 0.209. The Labute approximate surface area is 110 Å². The maximum Gasteiger partial charge on any atom is 0.410 e. The number of amides is 1. The van der Waals surface area contributed by atoms with Crippen LogP contribution in [0.15, 0.2) is 0 Å². The van der Waals surface area contributed by atoms with Gasteiger partial charge in [-0.05, 0) is 47.2 Å². The number of likely N-dealkylation sites (N-methyl/N-ethyl adjacent to an activating group) is 1. The first-order chi connectivity index (χ1) is 8.24. The van der Waals surface area contributed by atoms with E-state index in [1.807, 2.05) is 34.9 Å². The fourth-order valence-electron chi connectivity index (χ4n) is 2.42. The topological polar surface area (TPSA) is 58.8 Å². The lowest BCUT2D eigenvalue weighted by molar-refractivity contribution is 0.0281. The SMILES string of the molecule is CN(C)C(CN)C1CCN(C(=O)OC(C)(C)C)C1. The lowest BCUT2D eigenvalue weighted by Crippen LogP contribution is -2.43. The third-order valence-electron chi connectivity index (χ3n) is 3.33. The van der Waals surface area contributed by atoms with Gasteiger partial charge in [0.1, 0.15) is 5.60 Å². The second-order valence-electron chi connectivity index (χ2n) is 6.24. The standard InChI is InChI=1S/C13H27N3O2/c1-13(2,3)18-12(17)16-7-6-10(9-16)11(8-14)15(4)5/h10-11H,6-9,14H2,1-5H3. The molecule has 2 unspecified atom stereocenters. The molecule has 1 rings (SSSR count). The van der Waals surface area contributed by atoms with Gasteiger partial charge in [0.2, 0.25) is 0 Å². The summed E-state index contributed by atoms with van der Waals surface area (Å²) in [5, 5.41) is 0. The Morgan fingerprint density at radius 3 is 2.56 bits per heavy atom. The smallest absolute Gasteiger partial charge is 0.410 e. The highest BCUT2D eigenvalue weighted by atomic mass is 16.6. The minimum atomic E-state index is -0.427. The summed E-state index contributed by atoms with van der Waals surface area (Å²) in [6.07, 6.45) is 0.791. The zero-order valence-corrected chi connectivity index (χ0v) is 12.3. The molecule has 18 heavy (non-hydrogen) atoms. The van der Waals surface area contributed by atoms with Crippen molar-refractivity contribution in [1.29, 1.82) is 0 Å². The van der Waals surface area contributed by atoms with Crippen molar-refractivity contribution in [2.24, 2.45) is 11.7 Å². The number of nitrogens with zero attached hydrogens (tertiary/aromatic N) is 2. The van der Waals surface area contributed by atoms with Gasteiger partial charge in [0.05, 0.1) is 0 Å². The van der Waals surface area contributed by atoms with Crippen molar-refractivity contribution in [1.82, 2.24) is 9.80 Å². The average Bonchev–Trinajstić information content (AvgIpc) is 2.64. The molecule has 0 radical (unpaired) electrons. The number of likely N-dealkylation sites (tertiary alicyclic amines) is 1. The molecule has 106 valence electrons. The van der Waals surface area contributed by atoms with E-state index in [1.54, 1.807) is 4.90 Å². The highest BCUT2D eigenvalue weighted by Gasteiger charge is 2.34. The van der Waals surface area contributed by atoms with Gasteiger partial charge in [-0.3, -0.25) is 0 Å². The van der Waals surface area contributed by atoms with Crippen molar-refractivity contribution >= 4 is 6.09 Å². The van der Waals surface area contributed by atoms with E-state index in [2.05, 4.69) is 4.90 Å². The fourth-order valence-corrected chi connectivity index (χ4v) is 2.42. The van der Waals surface area contributed by atoms with E-state index in [0.717, 1.165) is 19.5 Å². The molecule has 0 spiro atoms. The van der Waals surface area contributed by atoms with Gasteiger partial charge in [-0.25, -0.2) is 4.79 Å². The van der Waals surface area contributed by atoms with Crippen molar-refractivity contribution in [3.63, 3.8) is 0 Å². The average molecular weight is 257 g/mol. The Kier molecular flexibility index (Phi) is 4.99. The number of carbonyl (C=O) groups excluding carboxylic acids is 1. The maximum absolute atomic E-state index is 11.9. The summed E-state index contributed by atoms with van der Waals surface area (Å²) in [5.74, 6) is 0.442. The summed E-state index contributed by atoms with van der Waals surface area (Å²) in [6, 6.07) is 0.331. The van der Waals surface area contributed by atoms with E-state index in [1.165, 1.54) is 0 Å². The van der Waals surface area contributed by atoms with Crippen molar-refractivity contribution < 1.29 is 9.53 Å². The number of hydrogen-bond acceptors (Lipinski definition) is 4. The molecule has 0 aromatic rings. The second kappa shape index (κ2) is 5.89. The third kappa shape index (κ3) is 4.14.